The van der Waals surface area contributed by atoms with Crippen LogP contribution in [0.2, 0.25) is 0 Å². The van der Waals surface area contributed by atoms with E-state index in [9.17, 15) is 23.1 Å². The predicted molar refractivity (Wildman–Crippen MR) is 65.9 cm³/mol. The second kappa shape index (κ2) is 6.59. The first kappa shape index (κ1) is 16.3. The van der Waals surface area contributed by atoms with Crippen molar-refractivity contribution in [3.05, 3.63) is 0 Å². The Kier molecular flexibility index (Phi) is 5.64. The van der Waals surface area contributed by atoms with Gasteiger partial charge in [0.2, 0.25) is 0 Å². The molecule has 0 saturated heterocycles. The van der Waals surface area contributed by atoms with Crippen molar-refractivity contribution in [2.75, 3.05) is 20.1 Å². The van der Waals surface area contributed by atoms with Gasteiger partial charge in [0.1, 0.15) is 0 Å². The molecule has 1 saturated carbocycles. The molecular weight excluding hydrogens is 259 g/mol. The van der Waals surface area contributed by atoms with Crippen LogP contribution in [-0.4, -0.2) is 42.3 Å². The number of nitrogens with zero attached hydrogens (tertiary/aromatic N) is 1. The molecule has 1 aliphatic carbocycles. The SMILES string of the molecule is CN(CCC(F)(F)F)CC1(C(=O)O)CCCCCC1. The molecule has 112 valence electrons. The van der Waals surface area contributed by atoms with E-state index in [1.54, 1.807) is 7.05 Å². The van der Waals surface area contributed by atoms with Gasteiger partial charge in [0, 0.05) is 13.1 Å². The van der Waals surface area contributed by atoms with Crippen molar-refractivity contribution in [2.45, 2.75) is 51.1 Å². The fourth-order valence-corrected chi connectivity index (χ4v) is 2.76. The van der Waals surface area contributed by atoms with Crippen LogP contribution in [0.4, 0.5) is 13.2 Å². The van der Waals surface area contributed by atoms with Crippen LogP contribution in [0.3, 0.4) is 0 Å². The number of rotatable bonds is 5. The number of carbonyl (C=O) groups is 1. The maximum atomic E-state index is 12.2. The number of aliphatic carboxylic acids is 1. The van der Waals surface area contributed by atoms with E-state index >= 15 is 0 Å². The van der Waals surface area contributed by atoms with E-state index in [0.29, 0.717) is 12.8 Å². The summed E-state index contributed by atoms with van der Waals surface area (Å²) in [5.41, 5.74) is -0.864. The summed E-state index contributed by atoms with van der Waals surface area (Å²) in [6.45, 7) is 0.0664. The summed E-state index contributed by atoms with van der Waals surface area (Å²) < 4.78 is 36.5. The minimum absolute atomic E-state index is 0.140. The third-order valence-corrected chi connectivity index (χ3v) is 3.86. The molecule has 1 N–H and O–H groups in total. The van der Waals surface area contributed by atoms with Gasteiger partial charge < -0.3 is 10.0 Å². The van der Waals surface area contributed by atoms with Crippen molar-refractivity contribution in [3.63, 3.8) is 0 Å². The van der Waals surface area contributed by atoms with Crippen molar-refractivity contribution < 1.29 is 23.1 Å². The Morgan fingerprint density at radius 1 is 1.21 bits per heavy atom. The van der Waals surface area contributed by atoms with Gasteiger partial charge in [0.05, 0.1) is 11.8 Å². The van der Waals surface area contributed by atoms with Crippen LogP contribution in [0.25, 0.3) is 0 Å². The topological polar surface area (TPSA) is 40.5 Å². The molecule has 0 radical (unpaired) electrons. The highest BCUT2D eigenvalue weighted by molar-refractivity contribution is 5.75. The largest absolute Gasteiger partial charge is 0.481 e. The van der Waals surface area contributed by atoms with Gasteiger partial charge in [-0.25, -0.2) is 0 Å². The van der Waals surface area contributed by atoms with Gasteiger partial charge >= 0.3 is 12.1 Å². The Labute approximate surface area is 111 Å². The molecule has 0 aromatic heterocycles. The van der Waals surface area contributed by atoms with Gasteiger partial charge in [-0.3, -0.25) is 4.79 Å². The summed E-state index contributed by atoms with van der Waals surface area (Å²) in [5, 5.41) is 9.44. The highest BCUT2D eigenvalue weighted by atomic mass is 19.4. The van der Waals surface area contributed by atoms with Crippen LogP contribution in [0.5, 0.6) is 0 Å². The summed E-state index contributed by atoms with van der Waals surface area (Å²) in [4.78, 5) is 13.0. The van der Waals surface area contributed by atoms with E-state index in [0.717, 1.165) is 25.7 Å². The van der Waals surface area contributed by atoms with E-state index in [-0.39, 0.29) is 13.1 Å². The lowest BCUT2D eigenvalue weighted by Gasteiger charge is -2.32. The summed E-state index contributed by atoms with van der Waals surface area (Å²) >= 11 is 0. The van der Waals surface area contributed by atoms with Crippen molar-refractivity contribution >= 4 is 5.97 Å². The van der Waals surface area contributed by atoms with Gasteiger partial charge in [-0.1, -0.05) is 25.7 Å². The van der Waals surface area contributed by atoms with Crippen LogP contribution in [0.15, 0.2) is 0 Å². The molecule has 6 heteroatoms. The lowest BCUT2D eigenvalue weighted by Crippen LogP contribution is -2.42. The smallest absolute Gasteiger partial charge is 0.390 e. The summed E-state index contributed by atoms with van der Waals surface area (Å²) in [6.07, 6.45) is -0.216. The molecule has 0 aromatic carbocycles. The van der Waals surface area contributed by atoms with Crippen molar-refractivity contribution in [3.8, 4) is 0 Å². The third-order valence-electron chi connectivity index (χ3n) is 3.86. The lowest BCUT2D eigenvalue weighted by atomic mass is 9.80. The number of carboxylic acids is 1. The number of carboxylic acid groups (broad SMARTS) is 1. The molecule has 0 heterocycles. The monoisotopic (exact) mass is 281 g/mol. The highest BCUT2D eigenvalue weighted by Gasteiger charge is 2.40. The molecule has 1 aliphatic rings. The average molecular weight is 281 g/mol. The molecule has 0 unspecified atom stereocenters. The van der Waals surface area contributed by atoms with Crippen LogP contribution in [0, 0.1) is 5.41 Å². The molecule has 0 amide bonds. The number of hydrogen-bond acceptors (Lipinski definition) is 2. The molecule has 0 aliphatic heterocycles. The van der Waals surface area contributed by atoms with E-state index in [1.165, 1.54) is 4.90 Å². The first-order valence-corrected chi connectivity index (χ1v) is 6.74. The molecule has 19 heavy (non-hydrogen) atoms. The molecular formula is C13H22F3NO2. The second-order valence-corrected chi connectivity index (χ2v) is 5.60. The first-order valence-electron chi connectivity index (χ1n) is 6.74. The number of alkyl halides is 3. The van der Waals surface area contributed by atoms with Crippen molar-refractivity contribution in [1.82, 2.24) is 4.90 Å². The fraction of sp³-hybridized carbons (Fsp3) is 0.923. The Morgan fingerprint density at radius 3 is 2.16 bits per heavy atom. The lowest BCUT2D eigenvalue weighted by molar-refractivity contribution is -0.152. The molecule has 0 aromatic rings. The quantitative estimate of drug-likeness (QED) is 0.786. The van der Waals surface area contributed by atoms with Gasteiger partial charge in [0.15, 0.2) is 0 Å². The van der Waals surface area contributed by atoms with Crippen LogP contribution < -0.4 is 0 Å². The zero-order valence-corrected chi connectivity index (χ0v) is 11.3. The number of hydrogen-bond donors (Lipinski definition) is 1. The minimum Gasteiger partial charge on any atom is -0.481 e. The fourth-order valence-electron chi connectivity index (χ4n) is 2.76. The van der Waals surface area contributed by atoms with Gasteiger partial charge in [-0.15, -0.1) is 0 Å². The minimum atomic E-state index is -4.19. The zero-order valence-electron chi connectivity index (χ0n) is 11.3. The maximum Gasteiger partial charge on any atom is 0.390 e. The standard InChI is InChI=1S/C13H22F3NO2/c1-17(9-8-13(14,15)16)10-12(11(18)19)6-4-2-3-5-7-12/h2-10H2,1H3,(H,18,19). The molecule has 3 nitrogen and oxygen atoms in total. The normalized spacial score (nSPS) is 20.3. The maximum absolute atomic E-state index is 12.2. The van der Waals surface area contributed by atoms with Crippen LogP contribution in [0.1, 0.15) is 44.9 Å². The van der Waals surface area contributed by atoms with E-state index in [2.05, 4.69) is 0 Å². The Morgan fingerprint density at radius 2 is 1.74 bits per heavy atom. The van der Waals surface area contributed by atoms with Crippen LogP contribution >= 0.6 is 0 Å². The highest BCUT2D eigenvalue weighted by Crippen LogP contribution is 2.36. The molecule has 0 bridgehead atoms. The van der Waals surface area contributed by atoms with E-state index in [4.69, 9.17) is 0 Å². The summed E-state index contributed by atoms with van der Waals surface area (Å²) in [7, 11) is 1.57. The van der Waals surface area contributed by atoms with E-state index < -0.39 is 24.0 Å². The van der Waals surface area contributed by atoms with Gasteiger partial charge in [0.25, 0.3) is 0 Å². The van der Waals surface area contributed by atoms with Gasteiger partial charge in [-0.2, -0.15) is 13.2 Å². The van der Waals surface area contributed by atoms with E-state index in [1.807, 2.05) is 0 Å². The second-order valence-electron chi connectivity index (χ2n) is 5.60. The van der Waals surface area contributed by atoms with Crippen LogP contribution in [-0.2, 0) is 4.79 Å². The van der Waals surface area contributed by atoms with Gasteiger partial charge in [-0.05, 0) is 19.9 Å². The molecule has 0 atom stereocenters. The molecule has 0 spiro atoms. The van der Waals surface area contributed by atoms with Crippen molar-refractivity contribution in [2.24, 2.45) is 5.41 Å². The first-order chi connectivity index (χ1) is 8.75. The average Bonchev–Trinajstić information content (AvgIpc) is 2.52. The summed E-state index contributed by atoms with van der Waals surface area (Å²) in [5.74, 6) is -0.867. The predicted octanol–water partition coefficient (Wildman–Crippen LogP) is 3.30. The Bertz CT molecular complexity index is 297. The molecule has 1 rings (SSSR count). The summed E-state index contributed by atoms with van der Waals surface area (Å²) in [6, 6.07) is 0. The third kappa shape index (κ3) is 5.38. The Hall–Kier alpha value is -0.780. The number of halogens is 3. The Balaban J connectivity index is 2.59. The zero-order chi connectivity index (χ0) is 14.5. The molecule has 1 fully saturated rings. The van der Waals surface area contributed by atoms with Crippen molar-refractivity contribution in [1.29, 1.82) is 0 Å².